The Labute approximate surface area is 188 Å². The number of para-hydroxylation sites is 2. The van der Waals surface area contributed by atoms with E-state index in [0.717, 1.165) is 16.4 Å². The van der Waals surface area contributed by atoms with E-state index in [1.165, 1.54) is 24.3 Å². The third-order valence-corrected chi connectivity index (χ3v) is 6.87. The van der Waals surface area contributed by atoms with Crippen LogP contribution in [0.25, 0.3) is 0 Å². The molecule has 1 heterocycles. The molecule has 3 aromatic carbocycles. The number of sulfonamides is 1. The maximum absolute atomic E-state index is 13.3. The molecule has 0 saturated carbocycles. The molecule has 1 unspecified atom stereocenters. The normalized spacial score (nSPS) is 16.0. The molecule has 0 aromatic heterocycles. The Bertz CT molecular complexity index is 1260. The molecule has 1 aliphatic heterocycles. The molecule has 3 aromatic rings. The van der Waals surface area contributed by atoms with Crippen LogP contribution < -0.4 is 14.4 Å². The van der Waals surface area contributed by atoms with Crippen LogP contribution in [0, 0.1) is 0 Å². The van der Waals surface area contributed by atoms with Crippen LogP contribution in [0.15, 0.2) is 83.8 Å². The zero-order valence-corrected chi connectivity index (χ0v) is 17.9. The Morgan fingerprint density at radius 2 is 1.70 bits per heavy atom. The molecule has 0 fully saturated rings. The van der Waals surface area contributed by atoms with Crippen LogP contribution >= 0.6 is 0 Å². The number of anilines is 1. The summed E-state index contributed by atoms with van der Waals surface area (Å²) < 4.78 is 72.1. The van der Waals surface area contributed by atoms with Crippen molar-refractivity contribution in [1.29, 1.82) is 0 Å². The molecule has 1 atom stereocenters. The van der Waals surface area contributed by atoms with Gasteiger partial charge < -0.3 is 10.1 Å². The average Bonchev–Trinajstić information content (AvgIpc) is 2.82. The third-order valence-electron chi connectivity index (χ3n) is 5.08. The second-order valence-electron chi connectivity index (χ2n) is 7.34. The molecule has 1 N–H and O–H groups in total. The number of nitrogens with one attached hydrogen (secondary N) is 1. The van der Waals surface area contributed by atoms with Crippen molar-refractivity contribution in [3.05, 3.63) is 90.0 Å². The Kier molecular flexibility index (Phi) is 6.03. The second-order valence-corrected chi connectivity index (χ2v) is 9.20. The monoisotopic (exact) mass is 476 g/mol. The van der Waals surface area contributed by atoms with Gasteiger partial charge >= 0.3 is 6.18 Å². The number of hydrogen-bond acceptors (Lipinski definition) is 4. The molecular weight excluding hydrogens is 457 g/mol. The average molecular weight is 476 g/mol. The summed E-state index contributed by atoms with van der Waals surface area (Å²) in [6.45, 7) is -0.460. The summed E-state index contributed by atoms with van der Waals surface area (Å²) in [4.78, 5) is 12.9. The number of carbonyl (C=O) groups excluding carboxylic acids is 1. The molecule has 0 saturated heterocycles. The molecule has 33 heavy (non-hydrogen) atoms. The molecule has 6 nitrogen and oxygen atoms in total. The lowest BCUT2D eigenvalue weighted by Gasteiger charge is -2.34. The first-order chi connectivity index (χ1) is 15.7. The third kappa shape index (κ3) is 4.80. The van der Waals surface area contributed by atoms with Gasteiger partial charge in [-0.25, -0.2) is 8.42 Å². The summed E-state index contributed by atoms with van der Waals surface area (Å²) >= 11 is 0. The highest BCUT2D eigenvalue weighted by atomic mass is 32.2. The fourth-order valence-corrected chi connectivity index (χ4v) is 4.94. The van der Waals surface area contributed by atoms with Crippen LogP contribution in [0.2, 0.25) is 0 Å². The van der Waals surface area contributed by atoms with E-state index in [-0.39, 0.29) is 29.3 Å². The lowest BCUT2D eigenvalue weighted by atomic mass is 10.1. The number of hydrogen-bond donors (Lipinski definition) is 1. The van der Waals surface area contributed by atoms with Crippen molar-refractivity contribution in [3.8, 4) is 5.75 Å². The van der Waals surface area contributed by atoms with Gasteiger partial charge in [-0.15, -0.1) is 0 Å². The Hall–Kier alpha value is -3.53. The van der Waals surface area contributed by atoms with Crippen molar-refractivity contribution in [2.45, 2.75) is 23.7 Å². The van der Waals surface area contributed by atoms with E-state index >= 15 is 0 Å². The smallest absolute Gasteiger partial charge is 0.416 e. The van der Waals surface area contributed by atoms with Crippen LogP contribution in [-0.2, 0) is 27.5 Å². The first-order valence-corrected chi connectivity index (χ1v) is 11.4. The zero-order valence-electron chi connectivity index (χ0n) is 17.1. The molecule has 1 aliphatic rings. The Morgan fingerprint density at radius 3 is 2.42 bits per heavy atom. The maximum atomic E-state index is 13.3. The predicted molar refractivity (Wildman–Crippen MR) is 115 cm³/mol. The molecule has 0 radical (unpaired) electrons. The fourth-order valence-electron chi connectivity index (χ4n) is 3.45. The van der Waals surface area contributed by atoms with Gasteiger partial charge in [0.15, 0.2) is 6.10 Å². The van der Waals surface area contributed by atoms with Gasteiger partial charge in [-0.3, -0.25) is 9.10 Å². The fraction of sp³-hybridized carbons (Fsp3) is 0.174. The largest absolute Gasteiger partial charge is 0.476 e. The molecule has 172 valence electrons. The van der Waals surface area contributed by atoms with Crippen LogP contribution in [-0.4, -0.2) is 27.0 Å². The SMILES string of the molecule is O=C(NCc1cccc(C(F)(F)F)c1)C1CN(S(=O)(=O)c2ccccc2)c2ccccc2O1. The van der Waals surface area contributed by atoms with Crippen molar-refractivity contribution in [2.75, 3.05) is 10.8 Å². The summed E-state index contributed by atoms with van der Waals surface area (Å²) in [5.74, 6) is -0.433. The number of amides is 1. The van der Waals surface area contributed by atoms with E-state index in [0.29, 0.717) is 5.69 Å². The molecule has 0 bridgehead atoms. The minimum atomic E-state index is -4.50. The summed E-state index contributed by atoms with van der Waals surface area (Å²) in [7, 11) is -3.98. The quantitative estimate of drug-likeness (QED) is 0.605. The van der Waals surface area contributed by atoms with Crippen molar-refractivity contribution >= 4 is 21.6 Å². The number of ether oxygens (including phenoxy) is 1. The van der Waals surface area contributed by atoms with Crippen molar-refractivity contribution in [3.63, 3.8) is 0 Å². The van der Waals surface area contributed by atoms with Crippen molar-refractivity contribution in [1.82, 2.24) is 5.32 Å². The van der Waals surface area contributed by atoms with E-state index < -0.39 is 33.8 Å². The van der Waals surface area contributed by atoms with Crippen LogP contribution in [0.4, 0.5) is 18.9 Å². The predicted octanol–water partition coefficient (Wildman–Crippen LogP) is 3.98. The number of nitrogens with zero attached hydrogens (tertiary/aromatic N) is 1. The minimum absolute atomic E-state index is 0.0600. The Morgan fingerprint density at radius 1 is 1.00 bits per heavy atom. The first-order valence-electron chi connectivity index (χ1n) is 9.93. The van der Waals surface area contributed by atoms with Gasteiger partial charge in [-0.1, -0.05) is 42.5 Å². The second kappa shape index (κ2) is 8.78. The summed E-state index contributed by atoms with van der Waals surface area (Å²) in [6, 6.07) is 18.8. The lowest BCUT2D eigenvalue weighted by molar-refractivity contribution is -0.137. The van der Waals surface area contributed by atoms with Crippen molar-refractivity contribution in [2.24, 2.45) is 0 Å². The first kappa shape index (κ1) is 22.7. The van der Waals surface area contributed by atoms with Crippen molar-refractivity contribution < 1.29 is 31.1 Å². The van der Waals surface area contributed by atoms with E-state index in [4.69, 9.17) is 4.74 Å². The Balaban J connectivity index is 1.55. The highest BCUT2D eigenvalue weighted by molar-refractivity contribution is 7.92. The summed E-state index contributed by atoms with van der Waals surface area (Å²) in [5.41, 5.74) is -0.274. The lowest BCUT2D eigenvalue weighted by Crippen LogP contribution is -2.50. The number of carbonyl (C=O) groups is 1. The highest BCUT2D eigenvalue weighted by Crippen LogP contribution is 2.36. The molecule has 0 spiro atoms. The van der Waals surface area contributed by atoms with Gasteiger partial charge in [-0.05, 0) is 42.0 Å². The van der Waals surface area contributed by atoms with Crippen LogP contribution in [0.3, 0.4) is 0 Å². The van der Waals surface area contributed by atoms with Crippen LogP contribution in [0.1, 0.15) is 11.1 Å². The van der Waals surface area contributed by atoms with Gasteiger partial charge in [0.2, 0.25) is 0 Å². The number of halogens is 3. The molecule has 10 heteroatoms. The molecule has 4 rings (SSSR count). The molecule has 1 amide bonds. The summed E-state index contributed by atoms with van der Waals surface area (Å²) in [5, 5.41) is 2.54. The standard InChI is InChI=1S/C23H19F3N2O4S/c24-23(25,26)17-8-6-7-16(13-17)14-27-22(29)21-15-28(19-11-4-5-12-20(19)32-21)33(30,31)18-9-2-1-3-10-18/h1-13,21H,14-15H2,(H,27,29). The minimum Gasteiger partial charge on any atom is -0.476 e. The van der Waals surface area contributed by atoms with Gasteiger partial charge in [0.05, 0.1) is 22.7 Å². The number of benzene rings is 3. The number of rotatable bonds is 5. The van der Waals surface area contributed by atoms with E-state index in [2.05, 4.69) is 5.32 Å². The topological polar surface area (TPSA) is 75.7 Å². The van der Waals surface area contributed by atoms with E-state index in [1.54, 1.807) is 42.5 Å². The van der Waals surface area contributed by atoms with Crippen LogP contribution in [0.5, 0.6) is 5.75 Å². The van der Waals surface area contributed by atoms with Gasteiger partial charge in [0.1, 0.15) is 5.75 Å². The van der Waals surface area contributed by atoms with E-state index in [9.17, 15) is 26.4 Å². The maximum Gasteiger partial charge on any atom is 0.416 e. The van der Waals surface area contributed by atoms with Gasteiger partial charge in [-0.2, -0.15) is 13.2 Å². The molecule has 0 aliphatic carbocycles. The van der Waals surface area contributed by atoms with Gasteiger partial charge in [0, 0.05) is 6.54 Å². The molecular formula is C23H19F3N2O4S. The number of alkyl halides is 3. The summed E-state index contributed by atoms with van der Waals surface area (Å²) in [6.07, 6.45) is -5.69. The zero-order chi connectivity index (χ0) is 23.6. The van der Waals surface area contributed by atoms with E-state index in [1.807, 2.05) is 0 Å². The highest BCUT2D eigenvalue weighted by Gasteiger charge is 2.37. The van der Waals surface area contributed by atoms with Gasteiger partial charge in [0.25, 0.3) is 15.9 Å². The number of fused-ring (bicyclic) bond motifs is 1.